The SMILES string of the molecule is CCCNCc1nnc(Oc2cc(Br)ccc2C)s1. The van der Waals surface area contributed by atoms with E-state index >= 15 is 0 Å². The number of nitrogens with zero attached hydrogens (tertiary/aromatic N) is 2. The van der Waals surface area contributed by atoms with Crippen LogP contribution in [0.1, 0.15) is 23.9 Å². The number of hydrogen-bond donors (Lipinski definition) is 1. The van der Waals surface area contributed by atoms with Gasteiger partial charge in [0.2, 0.25) is 0 Å². The van der Waals surface area contributed by atoms with Gasteiger partial charge in [0, 0.05) is 11.0 Å². The van der Waals surface area contributed by atoms with Crippen molar-refractivity contribution in [3.05, 3.63) is 33.2 Å². The fourth-order valence-corrected chi connectivity index (χ4v) is 2.51. The molecule has 0 unspecified atom stereocenters. The van der Waals surface area contributed by atoms with E-state index < -0.39 is 0 Å². The molecule has 1 aromatic carbocycles. The minimum atomic E-state index is 0.578. The highest BCUT2D eigenvalue weighted by Gasteiger charge is 2.08. The Morgan fingerprint density at radius 1 is 1.37 bits per heavy atom. The van der Waals surface area contributed by atoms with Crippen LogP contribution in [0.5, 0.6) is 10.9 Å². The zero-order valence-electron chi connectivity index (χ0n) is 10.9. The van der Waals surface area contributed by atoms with Crippen LogP contribution in [0.2, 0.25) is 0 Å². The van der Waals surface area contributed by atoms with E-state index in [9.17, 15) is 0 Å². The van der Waals surface area contributed by atoms with Gasteiger partial charge in [-0.25, -0.2) is 0 Å². The summed E-state index contributed by atoms with van der Waals surface area (Å²) >= 11 is 4.90. The van der Waals surface area contributed by atoms with Crippen molar-refractivity contribution in [2.45, 2.75) is 26.8 Å². The number of aromatic nitrogens is 2. The van der Waals surface area contributed by atoms with Gasteiger partial charge < -0.3 is 10.1 Å². The molecular formula is C13H16BrN3OS. The van der Waals surface area contributed by atoms with E-state index in [-0.39, 0.29) is 0 Å². The molecule has 6 heteroatoms. The molecule has 1 aromatic heterocycles. The first-order valence-electron chi connectivity index (χ1n) is 6.16. The van der Waals surface area contributed by atoms with Gasteiger partial charge in [0.1, 0.15) is 10.8 Å². The van der Waals surface area contributed by atoms with Crippen LogP contribution in [0.3, 0.4) is 0 Å². The molecule has 0 bridgehead atoms. The average Bonchev–Trinajstić information content (AvgIpc) is 2.82. The lowest BCUT2D eigenvalue weighted by atomic mass is 10.2. The van der Waals surface area contributed by atoms with E-state index in [0.29, 0.717) is 5.19 Å². The van der Waals surface area contributed by atoms with Gasteiger partial charge in [-0.1, -0.05) is 45.4 Å². The lowest BCUT2D eigenvalue weighted by Crippen LogP contribution is -2.13. The van der Waals surface area contributed by atoms with Gasteiger partial charge in [0.25, 0.3) is 5.19 Å². The number of benzene rings is 1. The molecule has 19 heavy (non-hydrogen) atoms. The monoisotopic (exact) mass is 341 g/mol. The predicted octanol–water partition coefficient (Wildman–Crippen LogP) is 3.90. The summed E-state index contributed by atoms with van der Waals surface area (Å²) < 4.78 is 6.75. The normalized spacial score (nSPS) is 10.7. The van der Waals surface area contributed by atoms with Gasteiger partial charge in [-0.3, -0.25) is 0 Å². The number of rotatable bonds is 6. The average molecular weight is 342 g/mol. The molecule has 0 atom stereocenters. The van der Waals surface area contributed by atoms with Crippen LogP contribution in [0.15, 0.2) is 22.7 Å². The topological polar surface area (TPSA) is 47.0 Å². The van der Waals surface area contributed by atoms with Crippen molar-refractivity contribution in [3.8, 4) is 10.9 Å². The Hall–Kier alpha value is -0.980. The molecular weight excluding hydrogens is 326 g/mol. The smallest absolute Gasteiger partial charge is 0.299 e. The van der Waals surface area contributed by atoms with E-state index in [0.717, 1.165) is 40.3 Å². The summed E-state index contributed by atoms with van der Waals surface area (Å²) in [6.45, 7) is 5.87. The molecule has 102 valence electrons. The first-order chi connectivity index (χ1) is 9.19. The largest absolute Gasteiger partial charge is 0.429 e. The maximum absolute atomic E-state index is 5.76. The minimum absolute atomic E-state index is 0.578. The summed E-state index contributed by atoms with van der Waals surface area (Å²) in [7, 11) is 0. The van der Waals surface area contributed by atoms with Crippen molar-refractivity contribution in [2.75, 3.05) is 6.54 Å². The highest BCUT2D eigenvalue weighted by Crippen LogP contribution is 2.29. The summed E-state index contributed by atoms with van der Waals surface area (Å²) in [6, 6.07) is 5.93. The summed E-state index contributed by atoms with van der Waals surface area (Å²) in [5.41, 5.74) is 1.07. The number of nitrogens with one attached hydrogen (secondary N) is 1. The molecule has 0 aliphatic heterocycles. The highest BCUT2D eigenvalue weighted by molar-refractivity contribution is 9.10. The molecule has 0 amide bonds. The zero-order chi connectivity index (χ0) is 13.7. The first-order valence-corrected chi connectivity index (χ1v) is 7.77. The number of ether oxygens (including phenoxy) is 1. The van der Waals surface area contributed by atoms with Gasteiger partial charge in [0.05, 0.1) is 0 Å². The van der Waals surface area contributed by atoms with Crippen molar-refractivity contribution >= 4 is 27.3 Å². The van der Waals surface area contributed by atoms with Crippen molar-refractivity contribution in [3.63, 3.8) is 0 Å². The molecule has 0 saturated carbocycles. The number of hydrogen-bond acceptors (Lipinski definition) is 5. The third kappa shape index (κ3) is 4.26. The Bertz CT molecular complexity index is 544. The Morgan fingerprint density at radius 2 is 2.21 bits per heavy atom. The fraction of sp³-hybridized carbons (Fsp3) is 0.385. The van der Waals surface area contributed by atoms with Crippen molar-refractivity contribution < 1.29 is 4.74 Å². The molecule has 2 aromatic rings. The lowest BCUT2D eigenvalue weighted by Gasteiger charge is -2.05. The second kappa shape index (κ2) is 6.98. The van der Waals surface area contributed by atoms with Gasteiger partial charge >= 0.3 is 0 Å². The molecule has 4 nitrogen and oxygen atoms in total. The van der Waals surface area contributed by atoms with Crippen LogP contribution < -0.4 is 10.1 Å². The predicted molar refractivity (Wildman–Crippen MR) is 80.9 cm³/mol. The quantitative estimate of drug-likeness (QED) is 0.809. The van der Waals surface area contributed by atoms with Crippen molar-refractivity contribution in [2.24, 2.45) is 0 Å². The Balaban J connectivity index is 2.01. The summed E-state index contributed by atoms with van der Waals surface area (Å²) in [5, 5.41) is 13.0. The van der Waals surface area contributed by atoms with Crippen LogP contribution in [-0.2, 0) is 6.54 Å². The van der Waals surface area contributed by atoms with E-state index in [1.54, 1.807) is 0 Å². The van der Waals surface area contributed by atoms with Gasteiger partial charge in [-0.15, -0.1) is 5.10 Å². The Morgan fingerprint density at radius 3 is 3.00 bits per heavy atom. The fourth-order valence-electron chi connectivity index (χ4n) is 1.50. The van der Waals surface area contributed by atoms with E-state index in [1.807, 2.05) is 25.1 Å². The second-order valence-corrected chi connectivity index (χ2v) is 6.09. The van der Waals surface area contributed by atoms with Gasteiger partial charge in [-0.2, -0.15) is 0 Å². The molecule has 0 aliphatic rings. The first kappa shape index (κ1) is 14.4. The maximum Gasteiger partial charge on any atom is 0.299 e. The maximum atomic E-state index is 5.76. The van der Waals surface area contributed by atoms with E-state index in [2.05, 4.69) is 38.4 Å². The standard InChI is InChI=1S/C13H16BrN3OS/c1-3-6-15-8-12-16-17-13(19-12)18-11-7-10(14)5-4-9(11)2/h4-5,7,15H,3,6,8H2,1-2H3. The van der Waals surface area contributed by atoms with E-state index in [4.69, 9.17) is 4.74 Å². The van der Waals surface area contributed by atoms with Crippen LogP contribution in [0.25, 0.3) is 0 Å². The molecule has 0 radical (unpaired) electrons. The van der Waals surface area contributed by atoms with Crippen LogP contribution >= 0.6 is 27.3 Å². The van der Waals surface area contributed by atoms with Gasteiger partial charge in [0.15, 0.2) is 0 Å². The lowest BCUT2D eigenvalue weighted by molar-refractivity contribution is 0.469. The Labute approximate surface area is 125 Å². The summed E-state index contributed by atoms with van der Waals surface area (Å²) in [4.78, 5) is 0. The zero-order valence-corrected chi connectivity index (χ0v) is 13.3. The van der Waals surface area contributed by atoms with Crippen LogP contribution in [0.4, 0.5) is 0 Å². The second-order valence-electron chi connectivity index (χ2n) is 4.15. The van der Waals surface area contributed by atoms with Crippen molar-refractivity contribution in [1.29, 1.82) is 0 Å². The molecule has 0 fully saturated rings. The molecule has 1 heterocycles. The minimum Gasteiger partial charge on any atom is -0.429 e. The molecule has 0 spiro atoms. The third-order valence-electron chi connectivity index (χ3n) is 2.50. The van der Waals surface area contributed by atoms with Crippen LogP contribution in [-0.4, -0.2) is 16.7 Å². The highest BCUT2D eigenvalue weighted by atomic mass is 79.9. The number of halogens is 1. The number of aryl methyl sites for hydroxylation is 1. The van der Waals surface area contributed by atoms with Crippen molar-refractivity contribution in [1.82, 2.24) is 15.5 Å². The van der Waals surface area contributed by atoms with E-state index in [1.165, 1.54) is 11.3 Å². The Kier molecular flexibility index (Phi) is 5.30. The molecule has 2 rings (SSSR count). The molecule has 1 N–H and O–H groups in total. The molecule has 0 aliphatic carbocycles. The van der Waals surface area contributed by atoms with Crippen LogP contribution in [0, 0.1) is 6.92 Å². The molecule has 0 saturated heterocycles. The van der Waals surface area contributed by atoms with Gasteiger partial charge in [-0.05, 0) is 37.6 Å². The summed E-state index contributed by atoms with van der Waals surface area (Å²) in [5.74, 6) is 0.804. The third-order valence-corrected chi connectivity index (χ3v) is 3.79. The summed E-state index contributed by atoms with van der Waals surface area (Å²) in [6.07, 6.45) is 1.11.